The molecule has 2 amide bonds. The molecule has 8 heteroatoms. The molecule has 1 fully saturated rings. The average molecular weight is 454 g/mol. The van der Waals surface area contributed by atoms with Gasteiger partial charge in [-0.15, -0.1) is 0 Å². The number of ether oxygens (including phenoxy) is 1. The molecular formula is C24H24ClN3O4. The maximum Gasteiger partial charge on any atom is 0.290 e. The Morgan fingerprint density at radius 1 is 0.969 bits per heavy atom. The molecular weight excluding hydrogens is 430 g/mol. The number of piperazine rings is 1. The number of halogens is 1. The highest BCUT2D eigenvalue weighted by Gasteiger charge is 2.27. The largest absolute Gasteiger partial charge is 0.489 e. The van der Waals surface area contributed by atoms with Crippen molar-refractivity contribution < 1.29 is 18.7 Å². The van der Waals surface area contributed by atoms with E-state index in [1.54, 1.807) is 23.1 Å². The molecule has 32 heavy (non-hydrogen) atoms. The first-order valence-corrected chi connectivity index (χ1v) is 10.8. The zero-order valence-corrected chi connectivity index (χ0v) is 18.3. The van der Waals surface area contributed by atoms with Crippen LogP contribution in [-0.2, 0) is 11.4 Å². The van der Waals surface area contributed by atoms with Gasteiger partial charge in [-0.1, -0.05) is 41.9 Å². The maximum absolute atomic E-state index is 13.0. The van der Waals surface area contributed by atoms with Gasteiger partial charge in [0.05, 0.1) is 23.5 Å². The van der Waals surface area contributed by atoms with Crippen LogP contribution >= 0.6 is 11.6 Å². The van der Waals surface area contributed by atoms with E-state index in [0.29, 0.717) is 48.2 Å². The third-order valence-electron chi connectivity index (χ3n) is 5.25. The van der Waals surface area contributed by atoms with Gasteiger partial charge < -0.3 is 19.4 Å². The van der Waals surface area contributed by atoms with Crippen molar-refractivity contribution in [3.8, 4) is 5.75 Å². The Bertz CT molecular complexity index is 1060. The monoisotopic (exact) mass is 453 g/mol. The summed E-state index contributed by atoms with van der Waals surface area (Å²) in [6.07, 6.45) is 1.51. The van der Waals surface area contributed by atoms with Crippen LogP contribution in [-0.4, -0.2) is 54.3 Å². The summed E-state index contributed by atoms with van der Waals surface area (Å²) in [5.41, 5.74) is 1.30. The summed E-state index contributed by atoms with van der Waals surface area (Å²) in [6.45, 7) is 2.71. The fourth-order valence-electron chi connectivity index (χ4n) is 3.52. The number of nitrogens with one attached hydrogen (secondary N) is 1. The minimum atomic E-state index is -0.165. The first-order valence-electron chi connectivity index (χ1n) is 10.4. The molecule has 2 aromatic carbocycles. The molecule has 1 aliphatic rings. The van der Waals surface area contributed by atoms with E-state index >= 15 is 0 Å². The predicted molar refractivity (Wildman–Crippen MR) is 122 cm³/mol. The number of para-hydroxylation sites is 2. The summed E-state index contributed by atoms with van der Waals surface area (Å²) >= 11 is 6.09. The molecule has 0 saturated carbocycles. The van der Waals surface area contributed by atoms with Gasteiger partial charge in [-0.05, 0) is 30.3 Å². The fourth-order valence-corrected chi connectivity index (χ4v) is 3.71. The van der Waals surface area contributed by atoms with Crippen LogP contribution in [0.15, 0.2) is 71.3 Å². The number of hydrogen-bond acceptors (Lipinski definition) is 5. The Kier molecular flexibility index (Phi) is 7.09. The lowest BCUT2D eigenvalue weighted by atomic mass is 10.2. The van der Waals surface area contributed by atoms with Gasteiger partial charge in [0, 0.05) is 31.7 Å². The fraction of sp³-hybridized carbons (Fsp3) is 0.250. The van der Waals surface area contributed by atoms with Crippen LogP contribution in [0.5, 0.6) is 5.75 Å². The van der Waals surface area contributed by atoms with Gasteiger partial charge in [-0.2, -0.15) is 0 Å². The van der Waals surface area contributed by atoms with Gasteiger partial charge in [0.25, 0.3) is 5.91 Å². The highest BCUT2D eigenvalue weighted by atomic mass is 35.5. The summed E-state index contributed by atoms with van der Waals surface area (Å²) in [5.74, 6) is 0.729. The Balaban J connectivity index is 1.27. The third kappa shape index (κ3) is 5.49. The molecule has 1 N–H and O–H groups in total. The number of amides is 2. The van der Waals surface area contributed by atoms with Crippen molar-refractivity contribution in [2.24, 2.45) is 0 Å². The van der Waals surface area contributed by atoms with Crippen molar-refractivity contribution in [2.45, 2.75) is 6.61 Å². The van der Waals surface area contributed by atoms with Gasteiger partial charge in [0.2, 0.25) is 5.91 Å². The number of nitrogens with zero attached hydrogens (tertiary/aromatic N) is 2. The van der Waals surface area contributed by atoms with Crippen molar-refractivity contribution in [3.63, 3.8) is 0 Å². The standard InChI is InChI=1S/C24H24ClN3O4/c25-20-8-4-5-9-21(20)26-22(29)16-27-11-13-28(14-12-27)24(30)23-18(10-15-31-23)17-32-19-6-2-1-3-7-19/h1-10,15H,11-14,16-17H2,(H,26,29). The Labute approximate surface area is 191 Å². The first kappa shape index (κ1) is 21.9. The zero-order chi connectivity index (χ0) is 22.3. The summed E-state index contributed by atoms with van der Waals surface area (Å²) in [4.78, 5) is 29.1. The number of benzene rings is 2. The van der Waals surface area contributed by atoms with Gasteiger partial charge in [0.15, 0.2) is 5.76 Å². The van der Waals surface area contributed by atoms with Crippen LogP contribution < -0.4 is 10.1 Å². The number of anilines is 1. The van der Waals surface area contributed by atoms with E-state index in [2.05, 4.69) is 5.32 Å². The average Bonchev–Trinajstić information content (AvgIpc) is 3.28. The normalized spacial score (nSPS) is 14.2. The second-order valence-corrected chi connectivity index (χ2v) is 7.88. The number of rotatable bonds is 7. The molecule has 2 heterocycles. The molecule has 0 spiro atoms. The molecule has 3 aromatic rings. The van der Waals surface area contributed by atoms with Crippen LogP contribution in [0.3, 0.4) is 0 Å². The van der Waals surface area contributed by atoms with Gasteiger partial charge >= 0.3 is 0 Å². The molecule has 4 rings (SSSR count). The van der Waals surface area contributed by atoms with Crippen LogP contribution in [0.25, 0.3) is 0 Å². The summed E-state index contributed by atoms with van der Waals surface area (Å²) in [7, 11) is 0. The molecule has 1 aliphatic heterocycles. The Morgan fingerprint density at radius 2 is 1.69 bits per heavy atom. The van der Waals surface area contributed by atoms with Crippen molar-refractivity contribution in [1.29, 1.82) is 0 Å². The maximum atomic E-state index is 13.0. The van der Waals surface area contributed by atoms with E-state index < -0.39 is 0 Å². The van der Waals surface area contributed by atoms with Crippen LogP contribution in [0.1, 0.15) is 16.1 Å². The SMILES string of the molecule is O=C(CN1CCN(C(=O)c2occc2COc2ccccc2)CC1)Nc1ccccc1Cl. The minimum Gasteiger partial charge on any atom is -0.489 e. The van der Waals surface area contributed by atoms with Crippen molar-refractivity contribution >= 4 is 29.1 Å². The Hall–Kier alpha value is -3.29. The summed E-state index contributed by atoms with van der Waals surface area (Å²) < 4.78 is 11.2. The minimum absolute atomic E-state index is 0.135. The van der Waals surface area contributed by atoms with Crippen LogP contribution in [0, 0.1) is 0 Å². The number of carbonyl (C=O) groups is 2. The molecule has 0 unspecified atom stereocenters. The van der Waals surface area contributed by atoms with E-state index in [0.717, 1.165) is 5.75 Å². The Morgan fingerprint density at radius 3 is 2.44 bits per heavy atom. The van der Waals surface area contributed by atoms with Crippen LogP contribution in [0.4, 0.5) is 5.69 Å². The van der Waals surface area contributed by atoms with E-state index in [1.807, 2.05) is 47.4 Å². The van der Waals surface area contributed by atoms with E-state index in [9.17, 15) is 9.59 Å². The topological polar surface area (TPSA) is 75.0 Å². The highest BCUT2D eigenvalue weighted by molar-refractivity contribution is 6.33. The smallest absolute Gasteiger partial charge is 0.290 e. The molecule has 0 atom stereocenters. The van der Waals surface area contributed by atoms with Gasteiger partial charge in [0.1, 0.15) is 12.4 Å². The van der Waals surface area contributed by atoms with Crippen molar-refractivity contribution in [2.75, 3.05) is 38.0 Å². The van der Waals surface area contributed by atoms with E-state index in [1.165, 1.54) is 6.26 Å². The lowest BCUT2D eigenvalue weighted by Crippen LogP contribution is -2.50. The van der Waals surface area contributed by atoms with Crippen LogP contribution in [0.2, 0.25) is 5.02 Å². The molecule has 1 saturated heterocycles. The molecule has 1 aromatic heterocycles. The first-order chi connectivity index (χ1) is 15.6. The molecule has 166 valence electrons. The van der Waals surface area contributed by atoms with Crippen molar-refractivity contribution in [3.05, 3.63) is 83.3 Å². The second kappa shape index (κ2) is 10.3. The predicted octanol–water partition coefficient (Wildman–Crippen LogP) is 3.91. The molecule has 0 bridgehead atoms. The lowest BCUT2D eigenvalue weighted by molar-refractivity contribution is -0.117. The van der Waals surface area contributed by atoms with Gasteiger partial charge in [-0.25, -0.2) is 0 Å². The number of hydrogen-bond donors (Lipinski definition) is 1. The van der Waals surface area contributed by atoms with E-state index in [4.69, 9.17) is 20.8 Å². The molecule has 0 radical (unpaired) electrons. The zero-order valence-electron chi connectivity index (χ0n) is 17.5. The quantitative estimate of drug-likeness (QED) is 0.587. The number of carbonyl (C=O) groups excluding carboxylic acids is 2. The number of furan rings is 1. The lowest BCUT2D eigenvalue weighted by Gasteiger charge is -2.34. The van der Waals surface area contributed by atoms with Gasteiger partial charge in [-0.3, -0.25) is 14.5 Å². The second-order valence-electron chi connectivity index (χ2n) is 7.47. The summed E-state index contributed by atoms with van der Waals surface area (Å²) in [5, 5.41) is 3.33. The van der Waals surface area contributed by atoms with Crippen molar-refractivity contribution in [1.82, 2.24) is 9.80 Å². The molecule has 0 aliphatic carbocycles. The molecule has 7 nitrogen and oxygen atoms in total. The highest BCUT2D eigenvalue weighted by Crippen LogP contribution is 2.21. The van der Waals surface area contributed by atoms with E-state index in [-0.39, 0.29) is 25.0 Å². The summed E-state index contributed by atoms with van der Waals surface area (Å²) in [6, 6.07) is 18.3. The third-order valence-corrected chi connectivity index (χ3v) is 5.58.